The summed E-state index contributed by atoms with van der Waals surface area (Å²) in [5.41, 5.74) is 1.18. The lowest BCUT2D eigenvalue weighted by Crippen LogP contribution is -2.17. The number of hydrogen-bond donors (Lipinski definition) is 1. The largest absolute Gasteiger partial charge is 0.497 e. The molecule has 0 amide bonds. The lowest BCUT2D eigenvalue weighted by Gasteiger charge is -2.06. The molecule has 1 saturated carbocycles. The van der Waals surface area contributed by atoms with E-state index in [2.05, 4.69) is 11.4 Å². The smallest absolute Gasteiger partial charge is 0.119 e. The SMILES string of the molecule is COc1cccc(COCCCCCCNC2CC2)c1. The molecule has 1 N–H and O–H groups in total. The van der Waals surface area contributed by atoms with Crippen molar-refractivity contribution in [2.75, 3.05) is 20.3 Å². The van der Waals surface area contributed by atoms with Gasteiger partial charge in [0.1, 0.15) is 5.75 Å². The van der Waals surface area contributed by atoms with E-state index in [-0.39, 0.29) is 0 Å². The Morgan fingerprint density at radius 2 is 2.00 bits per heavy atom. The van der Waals surface area contributed by atoms with Gasteiger partial charge in [0, 0.05) is 12.6 Å². The number of methoxy groups -OCH3 is 1. The average Bonchev–Trinajstić information content (AvgIpc) is 3.30. The Labute approximate surface area is 122 Å². The summed E-state index contributed by atoms with van der Waals surface area (Å²) < 4.78 is 10.9. The number of benzene rings is 1. The van der Waals surface area contributed by atoms with Gasteiger partial charge in [-0.05, 0) is 49.9 Å². The van der Waals surface area contributed by atoms with Gasteiger partial charge in [0.05, 0.1) is 13.7 Å². The van der Waals surface area contributed by atoms with Crippen LogP contribution in [0.1, 0.15) is 44.1 Å². The van der Waals surface area contributed by atoms with Crippen molar-refractivity contribution in [3.05, 3.63) is 29.8 Å². The van der Waals surface area contributed by atoms with Gasteiger partial charge in [-0.25, -0.2) is 0 Å². The van der Waals surface area contributed by atoms with E-state index < -0.39 is 0 Å². The van der Waals surface area contributed by atoms with Crippen LogP contribution in [-0.4, -0.2) is 26.3 Å². The van der Waals surface area contributed by atoms with Crippen LogP contribution in [0.2, 0.25) is 0 Å². The topological polar surface area (TPSA) is 30.5 Å². The highest BCUT2D eigenvalue weighted by Crippen LogP contribution is 2.18. The Kier molecular flexibility index (Phi) is 6.89. The van der Waals surface area contributed by atoms with Crippen molar-refractivity contribution < 1.29 is 9.47 Å². The fourth-order valence-corrected chi connectivity index (χ4v) is 2.23. The lowest BCUT2D eigenvalue weighted by atomic mass is 10.2. The van der Waals surface area contributed by atoms with Gasteiger partial charge in [0.25, 0.3) is 0 Å². The number of unbranched alkanes of at least 4 members (excludes halogenated alkanes) is 3. The van der Waals surface area contributed by atoms with Gasteiger partial charge in [-0.15, -0.1) is 0 Å². The number of rotatable bonds is 11. The van der Waals surface area contributed by atoms with Crippen LogP contribution in [-0.2, 0) is 11.3 Å². The van der Waals surface area contributed by atoms with Gasteiger partial charge >= 0.3 is 0 Å². The Morgan fingerprint density at radius 3 is 2.80 bits per heavy atom. The van der Waals surface area contributed by atoms with E-state index in [4.69, 9.17) is 9.47 Å². The molecule has 1 aliphatic carbocycles. The molecule has 0 heterocycles. The third-order valence-corrected chi connectivity index (χ3v) is 3.63. The molecule has 0 spiro atoms. The molecule has 1 aromatic rings. The van der Waals surface area contributed by atoms with Crippen molar-refractivity contribution in [2.24, 2.45) is 0 Å². The molecule has 0 radical (unpaired) electrons. The third kappa shape index (κ3) is 6.40. The molecule has 2 rings (SSSR count). The Bertz CT molecular complexity index is 377. The predicted molar refractivity (Wildman–Crippen MR) is 82.1 cm³/mol. The van der Waals surface area contributed by atoms with Crippen molar-refractivity contribution in [3.63, 3.8) is 0 Å². The van der Waals surface area contributed by atoms with Crippen LogP contribution in [0.4, 0.5) is 0 Å². The minimum atomic E-state index is 0.681. The lowest BCUT2D eigenvalue weighted by molar-refractivity contribution is 0.116. The molecule has 0 unspecified atom stereocenters. The van der Waals surface area contributed by atoms with Gasteiger partial charge in [0.2, 0.25) is 0 Å². The Balaban J connectivity index is 1.42. The van der Waals surface area contributed by atoms with Crippen molar-refractivity contribution in [1.29, 1.82) is 0 Å². The van der Waals surface area contributed by atoms with E-state index in [1.165, 1.54) is 44.2 Å². The van der Waals surface area contributed by atoms with Gasteiger partial charge in [-0.2, -0.15) is 0 Å². The predicted octanol–water partition coefficient (Wildman–Crippen LogP) is 3.52. The van der Waals surface area contributed by atoms with Crippen LogP contribution in [0.3, 0.4) is 0 Å². The van der Waals surface area contributed by atoms with E-state index in [0.717, 1.165) is 24.8 Å². The summed E-state index contributed by atoms with van der Waals surface area (Å²) in [4.78, 5) is 0. The van der Waals surface area contributed by atoms with Crippen molar-refractivity contribution in [1.82, 2.24) is 5.32 Å². The maximum Gasteiger partial charge on any atom is 0.119 e. The normalized spacial score (nSPS) is 14.4. The molecular formula is C17H27NO2. The minimum Gasteiger partial charge on any atom is -0.497 e. The van der Waals surface area contributed by atoms with E-state index in [0.29, 0.717) is 6.61 Å². The molecule has 0 aromatic heterocycles. The van der Waals surface area contributed by atoms with Crippen molar-refractivity contribution in [2.45, 2.75) is 51.2 Å². The molecule has 0 aliphatic heterocycles. The van der Waals surface area contributed by atoms with Crippen LogP contribution in [0.15, 0.2) is 24.3 Å². The molecule has 0 bridgehead atoms. The van der Waals surface area contributed by atoms with Gasteiger partial charge in [-0.3, -0.25) is 0 Å². The van der Waals surface area contributed by atoms with Gasteiger partial charge in [-0.1, -0.05) is 25.0 Å². The third-order valence-electron chi connectivity index (χ3n) is 3.63. The molecule has 1 fully saturated rings. The monoisotopic (exact) mass is 277 g/mol. The maximum absolute atomic E-state index is 5.70. The first-order chi connectivity index (χ1) is 9.88. The number of ether oxygens (including phenoxy) is 2. The quantitative estimate of drug-likeness (QED) is 0.628. The van der Waals surface area contributed by atoms with Crippen LogP contribution in [0, 0.1) is 0 Å². The van der Waals surface area contributed by atoms with E-state index in [1.54, 1.807) is 7.11 Å². The maximum atomic E-state index is 5.70. The van der Waals surface area contributed by atoms with Crippen LogP contribution >= 0.6 is 0 Å². The highest BCUT2D eigenvalue weighted by molar-refractivity contribution is 5.27. The second-order valence-corrected chi connectivity index (χ2v) is 5.55. The highest BCUT2D eigenvalue weighted by atomic mass is 16.5. The fraction of sp³-hybridized carbons (Fsp3) is 0.647. The molecule has 0 saturated heterocycles. The van der Waals surface area contributed by atoms with Gasteiger partial charge in [0.15, 0.2) is 0 Å². The summed E-state index contributed by atoms with van der Waals surface area (Å²) in [5, 5.41) is 3.55. The van der Waals surface area contributed by atoms with Gasteiger partial charge < -0.3 is 14.8 Å². The minimum absolute atomic E-state index is 0.681. The molecular weight excluding hydrogens is 250 g/mol. The van der Waals surface area contributed by atoms with E-state index >= 15 is 0 Å². The van der Waals surface area contributed by atoms with Crippen molar-refractivity contribution >= 4 is 0 Å². The van der Waals surface area contributed by atoms with Crippen molar-refractivity contribution in [3.8, 4) is 5.75 Å². The Hall–Kier alpha value is -1.06. The first-order valence-electron chi connectivity index (χ1n) is 7.82. The number of nitrogens with one attached hydrogen (secondary N) is 1. The molecule has 3 nitrogen and oxygen atoms in total. The summed E-state index contributed by atoms with van der Waals surface area (Å²) >= 11 is 0. The standard InChI is InChI=1S/C17H27NO2/c1-19-17-8-6-7-15(13-17)14-20-12-5-3-2-4-11-18-16-9-10-16/h6-8,13,16,18H,2-5,9-12,14H2,1H3. The second-order valence-electron chi connectivity index (χ2n) is 5.55. The summed E-state index contributed by atoms with van der Waals surface area (Å²) in [6.07, 6.45) is 7.81. The zero-order valence-electron chi connectivity index (χ0n) is 12.6. The highest BCUT2D eigenvalue weighted by Gasteiger charge is 2.19. The number of hydrogen-bond acceptors (Lipinski definition) is 3. The Morgan fingerprint density at radius 1 is 1.15 bits per heavy atom. The molecule has 112 valence electrons. The zero-order valence-corrected chi connectivity index (χ0v) is 12.6. The molecule has 20 heavy (non-hydrogen) atoms. The summed E-state index contributed by atoms with van der Waals surface area (Å²) in [6.45, 7) is 2.73. The molecule has 1 aliphatic rings. The molecule has 3 heteroatoms. The first-order valence-corrected chi connectivity index (χ1v) is 7.82. The zero-order chi connectivity index (χ0) is 14.0. The second kappa shape index (κ2) is 8.98. The van der Waals surface area contributed by atoms with Crippen LogP contribution in [0.25, 0.3) is 0 Å². The fourth-order valence-electron chi connectivity index (χ4n) is 2.23. The first kappa shape index (κ1) is 15.3. The summed E-state index contributed by atoms with van der Waals surface area (Å²) in [7, 11) is 1.69. The molecule has 1 aromatic carbocycles. The summed E-state index contributed by atoms with van der Waals surface area (Å²) in [5.74, 6) is 0.897. The van der Waals surface area contributed by atoms with E-state index in [9.17, 15) is 0 Å². The van der Waals surface area contributed by atoms with Crippen LogP contribution < -0.4 is 10.1 Å². The molecule has 0 atom stereocenters. The van der Waals surface area contributed by atoms with E-state index in [1.807, 2.05) is 18.2 Å². The average molecular weight is 277 g/mol. The van der Waals surface area contributed by atoms with Crippen LogP contribution in [0.5, 0.6) is 5.75 Å². The summed E-state index contributed by atoms with van der Waals surface area (Å²) in [6, 6.07) is 8.92.